The summed E-state index contributed by atoms with van der Waals surface area (Å²) in [5.74, 6) is 2.51. The third-order valence-corrected chi connectivity index (χ3v) is 4.05. The van der Waals surface area contributed by atoms with E-state index in [0.717, 1.165) is 62.9 Å². The zero-order valence-electron chi connectivity index (χ0n) is 15.6. The first-order valence-electron chi connectivity index (χ1n) is 9.08. The molecule has 148 valence electrons. The number of benzene rings is 1. The van der Waals surface area contributed by atoms with E-state index in [1.807, 2.05) is 16.7 Å². The minimum absolute atomic E-state index is 0. The number of halogens is 1. The summed E-state index contributed by atoms with van der Waals surface area (Å²) in [6.07, 6.45) is 6.46. The molecule has 0 amide bonds. The van der Waals surface area contributed by atoms with Crippen molar-refractivity contribution in [3.63, 3.8) is 0 Å². The third kappa shape index (κ3) is 6.89. The number of ether oxygens (including phenoxy) is 2. The van der Waals surface area contributed by atoms with Gasteiger partial charge in [0, 0.05) is 26.2 Å². The van der Waals surface area contributed by atoms with Crippen LogP contribution >= 0.6 is 24.0 Å². The molecule has 1 aliphatic rings. The van der Waals surface area contributed by atoms with E-state index in [2.05, 4.69) is 38.8 Å². The van der Waals surface area contributed by atoms with Crippen molar-refractivity contribution < 1.29 is 9.47 Å². The van der Waals surface area contributed by atoms with Crippen molar-refractivity contribution in [2.45, 2.75) is 32.7 Å². The number of hydrogen-bond donors (Lipinski definition) is 2. The summed E-state index contributed by atoms with van der Waals surface area (Å²) in [5, 5.41) is 14.3. The lowest BCUT2D eigenvalue weighted by Gasteiger charge is -2.11. The first-order chi connectivity index (χ1) is 12.8. The van der Waals surface area contributed by atoms with Gasteiger partial charge in [-0.2, -0.15) is 0 Å². The molecule has 3 rings (SSSR count). The second-order valence-corrected chi connectivity index (χ2v) is 6.03. The number of aromatic nitrogens is 3. The summed E-state index contributed by atoms with van der Waals surface area (Å²) in [5.41, 5.74) is 1.21. The van der Waals surface area contributed by atoms with E-state index in [1.165, 1.54) is 5.56 Å². The van der Waals surface area contributed by atoms with Crippen LogP contribution < -0.4 is 20.1 Å². The quantitative estimate of drug-likeness (QED) is 0.245. The topological polar surface area (TPSA) is 85.6 Å². The Kier molecular flexibility index (Phi) is 9.16. The fourth-order valence-corrected chi connectivity index (χ4v) is 2.70. The van der Waals surface area contributed by atoms with Crippen LogP contribution in [-0.2, 0) is 13.0 Å². The van der Waals surface area contributed by atoms with E-state index in [-0.39, 0.29) is 24.0 Å². The fraction of sp³-hybridized carbons (Fsp3) is 0.500. The average Bonchev–Trinajstić information content (AvgIpc) is 3.32. The van der Waals surface area contributed by atoms with Crippen LogP contribution in [0.2, 0.25) is 0 Å². The molecule has 2 N–H and O–H groups in total. The minimum atomic E-state index is 0. The minimum Gasteiger partial charge on any atom is -0.454 e. The molecular weight excluding hydrogens is 459 g/mol. The largest absolute Gasteiger partial charge is 0.454 e. The summed E-state index contributed by atoms with van der Waals surface area (Å²) in [6, 6.07) is 6.08. The van der Waals surface area contributed by atoms with Crippen LogP contribution in [0.3, 0.4) is 0 Å². The van der Waals surface area contributed by atoms with Gasteiger partial charge in [-0.25, -0.2) is 0 Å². The predicted octanol–water partition coefficient (Wildman–Crippen LogP) is 2.20. The number of fused-ring (bicyclic) bond motifs is 1. The maximum Gasteiger partial charge on any atom is 0.231 e. The number of hydrogen-bond acceptors (Lipinski definition) is 5. The maximum atomic E-state index is 5.42. The maximum absolute atomic E-state index is 5.42. The van der Waals surface area contributed by atoms with E-state index in [4.69, 9.17) is 9.47 Å². The Morgan fingerprint density at radius 2 is 1.96 bits per heavy atom. The fourth-order valence-electron chi connectivity index (χ4n) is 2.70. The summed E-state index contributed by atoms with van der Waals surface area (Å²) in [6.45, 7) is 5.76. The van der Waals surface area contributed by atoms with Gasteiger partial charge in [0.1, 0.15) is 12.7 Å². The van der Waals surface area contributed by atoms with E-state index in [1.54, 1.807) is 12.7 Å². The number of aryl methyl sites for hydroxylation is 1. The Labute approximate surface area is 176 Å². The third-order valence-electron chi connectivity index (χ3n) is 4.05. The summed E-state index contributed by atoms with van der Waals surface area (Å²) < 4.78 is 12.7. The summed E-state index contributed by atoms with van der Waals surface area (Å²) >= 11 is 0. The Morgan fingerprint density at radius 1 is 1.15 bits per heavy atom. The molecule has 0 spiro atoms. The number of nitrogens with one attached hydrogen (secondary N) is 2. The lowest BCUT2D eigenvalue weighted by Crippen LogP contribution is -2.38. The van der Waals surface area contributed by atoms with Crippen LogP contribution in [0, 0.1) is 0 Å². The van der Waals surface area contributed by atoms with Crippen molar-refractivity contribution in [3.8, 4) is 11.5 Å². The molecule has 27 heavy (non-hydrogen) atoms. The van der Waals surface area contributed by atoms with Crippen LogP contribution in [-0.4, -0.2) is 47.2 Å². The number of nitrogens with zero attached hydrogens (tertiary/aromatic N) is 4. The van der Waals surface area contributed by atoms with Crippen molar-refractivity contribution in [2.75, 3.05) is 26.4 Å². The molecule has 8 nitrogen and oxygen atoms in total. The molecular formula is C18H27IN6O2. The molecule has 0 saturated carbocycles. The van der Waals surface area contributed by atoms with Crippen molar-refractivity contribution >= 4 is 29.9 Å². The average molecular weight is 486 g/mol. The molecule has 0 aliphatic carbocycles. The van der Waals surface area contributed by atoms with Gasteiger partial charge in [-0.15, -0.1) is 34.2 Å². The zero-order chi connectivity index (χ0) is 18.0. The highest BCUT2D eigenvalue weighted by molar-refractivity contribution is 14.0. The number of aliphatic imine (C=N–C) groups is 1. The van der Waals surface area contributed by atoms with Gasteiger partial charge in [0.25, 0.3) is 0 Å². The highest BCUT2D eigenvalue weighted by Gasteiger charge is 2.12. The van der Waals surface area contributed by atoms with Crippen LogP contribution in [0.1, 0.15) is 25.3 Å². The van der Waals surface area contributed by atoms with E-state index < -0.39 is 0 Å². The molecule has 9 heteroatoms. The second-order valence-electron chi connectivity index (χ2n) is 6.03. The molecule has 2 aromatic rings. The normalized spacial score (nSPS) is 12.6. The molecule has 0 atom stereocenters. The number of guanidine groups is 1. The predicted molar refractivity (Wildman–Crippen MR) is 115 cm³/mol. The number of rotatable bonds is 9. The van der Waals surface area contributed by atoms with Crippen molar-refractivity contribution in [1.82, 2.24) is 25.4 Å². The first kappa shape index (κ1) is 21.3. The highest BCUT2D eigenvalue weighted by Crippen LogP contribution is 2.32. The molecule has 0 fully saturated rings. The lowest BCUT2D eigenvalue weighted by molar-refractivity contribution is 0.174. The Bertz CT molecular complexity index is 708. The highest BCUT2D eigenvalue weighted by atomic mass is 127. The van der Waals surface area contributed by atoms with Crippen LogP contribution in [0.25, 0.3) is 0 Å². The van der Waals surface area contributed by atoms with Gasteiger partial charge in [-0.1, -0.05) is 6.07 Å². The Balaban J connectivity index is 0.00000261. The summed E-state index contributed by atoms with van der Waals surface area (Å²) in [7, 11) is 0. The standard InChI is InChI=1S/C18H26N6O2.HI/c1-2-19-18(20-8-3-4-10-24-12-22-23-13-24)21-9-7-15-5-6-16-17(11-15)26-14-25-16;/h5-6,11-13H,2-4,7-10,14H2,1H3,(H2,19,20,21);1H. The first-order valence-corrected chi connectivity index (χ1v) is 9.08. The molecule has 0 saturated heterocycles. The molecule has 0 bridgehead atoms. The van der Waals surface area contributed by atoms with Crippen molar-refractivity contribution in [2.24, 2.45) is 4.99 Å². The smallest absolute Gasteiger partial charge is 0.231 e. The van der Waals surface area contributed by atoms with Gasteiger partial charge in [-0.3, -0.25) is 4.99 Å². The monoisotopic (exact) mass is 486 g/mol. The van der Waals surface area contributed by atoms with Crippen molar-refractivity contribution in [1.29, 1.82) is 0 Å². The van der Waals surface area contributed by atoms with E-state index in [0.29, 0.717) is 6.79 Å². The number of unbranched alkanes of at least 4 members (excludes halogenated alkanes) is 1. The zero-order valence-corrected chi connectivity index (χ0v) is 17.9. The Hall–Kier alpha value is -2.04. The van der Waals surface area contributed by atoms with Gasteiger partial charge in [0.05, 0.1) is 0 Å². The van der Waals surface area contributed by atoms with Crippen molar-refractivity contribution in [3.05, 3.63) is 36.4 Å². The van der Waals surface area contributed by atoms with Gasteiger partial charge in [0.15, 0.2) is 17.5 Å². The van der Waals surface area contributed by atoms with Gasteiger partial charge >= 0.3 is 0 Å². The molecule has 0 unspecified atom stereocenters. The molecule has 1 aromatic heterocycles. The molecule has 1 aliphatic heterocycles. The lowest BCUT2D eigenvalue weighted by atomic mass is 10.1. The van der Waals surface area contributed by atoms with Crippen LogP contribution in [0.4, 0.5) is 0 Å². The molecule has 0 radical (unpaired) electrons. The summed E-state index contributed by atoms with van der Waals surface area (Å²) in [4.78, 5) is 4.63. The second kappa shape index (κ2) is 11.6. The molecule has 2 heterocycles. The van der Waals surface area contributed by atoms with Gasteiger partial charge in [-0.05, 0) is 43.9 Å². The van der Waals surface area contributed by atoms with Gasteiger partial charge in [0.2, 0.25) is 6.79 Å². The van der Waals surface area contributed by atoms with Crippen LogP contribution in [0.5, 0.6) is 11.5 Å². The van der Waals surface area contributed by atoms with Crippen LogP contribution in [0.15, 0.2) is 35.8 Å². The van der Waals surface area contributed by atoms with E-state index >= 15 is 0 Å². The van der Waals surface area contributed by atoms with Gasteiger partial charge < -0.3 is 24.7 Å². The SMILES string of the molecule is CCNC(=NCCCCn1cnnc1)NCCc1ccc2c(c1)OCO2.I. The Morgan fingerprint density at radius 3 is 2.78 bits per heavy atom. The van der Waals surface area contributed by atoms with E-state index in [9.17, 15) is 0 Å². The molecule has 1 aromatic carbocycles.